The molecular formula is C16H14ClNO2. The van der Waals surface area contributed by atoms with Crippen LogP contribution in [-0.2, 0) is 6.42 Å². The number of fused-ring (bicyclic) bond motifs is 1. The molecule has 1 heterocycles. The van der Waals surface area contributed by atoms with Gasteiger partial charge in [-0.15, -0.1) is 0 Å². The molecule has 0 spiro atoms. The number of methoxy groups -OCH3 is 1. The second-order valence-electron chi connectivity index (χ2n) is 4.71. The van der Waals surface area contributed by atoms with E-state index in [-0.39, 0.29) is 5.91 Å². The zero-order valence-corrected chi connectivity index (χ0v) is 11.9. The first kappa shape index (κ1) is 13.0. The van der Waals surface area contributed by atoms with Crippen LogP contribution in [0.15, 0.2) is 42.5 Å². The fraction of sp³-hybridized carbons (Fsp3) is 0.188. The van der Waals surface area contributed by atoms with E-state index in [4.69, 9.17) is 16.3 Å². The van der Waals surface area contributed by atoms with E-state index in [1.165, 1.54) is 0 Å². The fourth-order valence-corrected chi connectivity index (χ4v) is 2.59. The van der Waals surface area contributed by atoms with E-state index in [1.807, 2.05) is 30.3 Å². The number of nitrogens with zero attached hydrogens (tertiary/aromatic N) is 1. The van der Waals surface area contributed by atoms with Crippen molar-refractivity contribution in [3.05, 3.63) is 58.6 Å². The zero-order chi connectivity index (χ0) is 14.1. The van der Waals surface area contributed by atoms with E-state index in [0.29, 0.717) is 11.6 Å². The highest BCUT2D eigenvalue weighted by Crippen LogP contribution is 2.27. The topological polar surface area (TPSA) is 29.5 Å². The van der Waals surface area contributed by atoms with Crippen molar-refractivity contribution in [1.29, 1.82) is 0 Å². The Morgan fingerprint density at radius 2 is 1.90 bits per heavy atom. The van der Waals surface area contributed by atoms with Gasteiger partial charge in [-0.2, -0.15) is 0 Å². The number of anilines is 1. The second kappa shape index (κ2) is 5.17. The van der Waals surface area contributed by atoms with Crippen LogP contribution in [0.1, 0.15) is 15.9 Å². The highest BCUT2D eigenvalue weighted by Gasteiger charge is 2.25. The number of rotatable bonds is 2. The predicted molar refractivity (Wildman–Crippen MR) is 79.8 cm³/mol. The summed E-state index contributed by atoms with van der Waals surface area (Å²) in [5.41, 5.74) is 2.66. The summed E-state index contributed by atoms with van der Waals surface area (Å²) in [5.74, 6) is 0.813. The average Bonchev–Trinajstić information content (AvgIpc) is 2.48. The van der Waals surface area contributed by atoms with Gasteiger partial charge in [-0.05, 0) is 54.4 Å². The molecule has 3 nitrogen and oxygen atoms in total. The summed E-state index contributed by atoms with van der Waals surface area (Å²) < 4.78 is 5.20. The number of benzene rings is 2. The number of hydrogen-bond donors (Lipinski definition) is 0. The van der Waals surface area contributed by atoms with Gasteiger partial charge >= 0.3 is 0 Å². The van der Waals surface area contributed by atoms with Gasteiger partial charge in [-0.25, -0.2) is 0 Å². The molecule has 0 radical (unpaired) electrons. The smallest absolute Gasteiger partial charge is 0.258 e. The van der Waals surface area contributed by atoms with Crippen LogP contribution in [-0.4, -0.2) is 19.6 Å². The van der Waals surface area contributed by atoms with Crippen LogP contribution < -0.4 is 9.64 Å². The largest absolute Gasteiger partial charge is 0.497 e. The Morgan fingerprint density at radius 1 is 1.15 bits per heavy atom. The third-order valence-electron chi connectivity index (χ3n) is 3.53. The molecule has 102 valence electrons. The molecule has 1 amide bonds. The van der Waals surface area contributed by atoms with Crippen molar-refractivity contribution in [3.63, 3.8) is 0 Å². The molecule has 0 unspecified atom stereocenters. The Hall–Kier alpha value is -2.00. The maximum absolute atomic E-state index is 12.6. The van der Waals surface area contributed by atoms with Crippen molar-refractivity contribution in [2.24, 2.45) is 0 Å². The van der Waals surface area contributed by atoms with Crippen molar-refractivity contribution < 1.29 is 9.53 Å². The Labute approximate surface area is 122 Å². The molecule has 20 heavy (non-hydrogen) atoms. The van der Waals surface area contributed by atoms with Gasteiger partial charge in [0, 0.05) is 22.8 Å². The van der Waals surface area contributed by atoms with E-state index < -0.39 is 0 Å². The molecule has 0 N–H and O–H groups in total. The number of carbonyl (C=O) groups excluding carboxylic acids is 1. The van der Waals surface area contributed by atoms with E-state index >= 15 is 0 Å². The summed E-state index contributed by atoms with van der Waals surface area (Å²) in [6.07, 6.45) is 0.820. The molecule has 0 aliphatic carbocycles. The quantitative estimate of drug-likeness (QED) is 0.845. The Balaban J connectivity index is 1.94. The average molecular weight is 288 g/mol. The molecule has 0 saturated heterocycles. The lowest BCUT2D eigenvalue weighted by atomic mass is 9.98. The minimum absolute atomic E-state index is 0.0243. The minimum atomic E-state index is 0.0243. The number of amides is 1. The molecule has 1 aliphatic heterocycles. The minimum Gasteiger partial charge on any atom is -0.497 e. The Bertz CT molecular complexity index is 652. The van der Waals surface area contributed by atoms with Crippen molar-refractivity contribution in [3.8, 4) is 5.75 Å². The van der Waals surface area contributed by atoms with Gasteiger partial charge in [0.2, 0.25) is 0 Å². The first-order valence-corrected chi connectivity index (χ1v) is 6.81. The summed E-state index contributed by atoms with van der Waals surface area (Å²) in [6, 6.07) is 12.9. The van der Waals surface area contributed by atoms with E-state index in [0.717, 1.165) is 29.0 Å². The normalized spacial score (nSPS) is 14.1. The first-order chi connectivity index (χ1) is 9.69. The molecule has 2 aromatic rings. The number of ether oxygens (including phenoxy) is 1. The summed E-state index contributed by atoms with van der Waals surface area (Å²) in [5, 5.41) is 0.670. The molecule has 3 rings (SSSR count). The Morgan fingerprint density at radius 3 is 2.60 bits per heavy atom. The van der Waals surface area contributed by atoms with Gasteiger partial charge in [0.1, 0.15) is 5.75 Å². The maximum Gasteiger partial charge on any atom is 0.258 e. The molecule has 0 saturated carbocycles. The van der Waals surface area contributed by atoms with E-state index in [1.54, 1.807) is 24.1 Å². The monoisotopic (exact) mass is 287 g/mol. The van der Waals surface area contributed by atoms with Crippen molar-refractivity contribution >= 4 is 23.2 Å². The standard InChI is InChI=1S/C16H14ClNO2/c1-20-14-6-7-15-11(10-14)8-9-18(16(15)19)13-4-2-12(17)3-5-13/h2-7,10H,8-9H2,1H3. The van der Waals surface area contributed by atoms with Gasteiger partial charge in [0.15, 0.2) is 0 Å². The third-order valence-corrected chi connectivity index (χ3v) is 3.78. The fourth-order valence-electron chi connectivity index (χ4n) is 2.46. The second-order valence-corrected chi connectivity index (χ2v) is 5.14. The molecular weight excluding hydrogens is 274 g/mol. The molecule has 0 bridgehead atoms. The summed E-state index contributed by atoms with van der Waals surface area (Å²) >= 11 is 5.88. The molecule has 1 aliphatic rings. The van der Waals surface area contributed by atoms with E-state index in [2.05, 4.69) is 0 Å². The maximum atomic E-state index is 12.6. The first-order valence-electron chi connectivity index (χ1n) is 6.43. The van der Waals surface area contributed by atoms with Gasteiger partial charge < -0.3 is 9.64 Å². The van der Waals surface area contributed by atoms with Crippen molar-refractivity contribution in [1.82, 2.24) is 0 Å². The van der Waals surface area contributed by atoms with Crippen LogP contribution >= 0.6 is 11.6 Å². The molecule has 0 aromatic heterocycles. The van der Waals surface area contributed by atoms with Gasteiger partial charge in [0.05, 0.1) is 7.11 Å². The lowest BCUT2D eigenvalue weighted by Gasteiger charge is -2.28. The molecule has 2 aromatic carbocycles. The highest BCUT2D eigenvalue weighted by atomic mass is 35.5. The van der Waals surface area contributed by atoms with Gasteiger partial charge in [-0.3, -0.25) is 4.79 Å². The molecule has 0 atom stereocenters. The van der Waals surface area contributed by atoms with Crippen LogP contribution in [0.25, 0.3) is 0 Å². The predicted octanol–water partition coefficient (Wildman–Crippen LogP) is 3.55. The van der Waals surface area contributed by atoms with Crippen LogP contribution in [0.5, 0.6) is 5.75 Å². The molecule has 0 fully saturated rings. The molecule has 4 heteroatoms. The highest BCUT2D eigenvalue weighted by molar-refractivity contribution is 6.30. The van der Waals surface area contributed by atoms with Gasteiger partial charge in [0.25, 0.3) is 5.91 Å². The van der Waals surface area contributed by atoms with Crippen molar-refractivity contribution in [2.45, 2.75) is 6.42 Å². The summed E-state index contributed by atoms with van der Waals surface area (Å²) in [4.78, 5) is 14.3. The van der Waals surface area contributed by atoms with Gasteiger partial charge in [-0.1, -0.05) is 11.6 Å². The van der Waals surface area contributed by atoms with Crippen LogP contribution in [0.3, 0.4) is 0 Å². The summed E-state index contributed by atoms with van der Waals surface area (Å²) in [6.45, 7) is 0.667. The number of hydrogen-bond acceptors (Lipinski definition) is 2. The lowest BCUT2D eigenvalue weighted by molar-refractivity contribution is 0.0980. The number of halogens is 1. The number of carbonyl (C=O) groups is 1. The lowest BCUT2D eigenvalue weighted by Crippen LogP contribution is -2.37. The van der Waals surface area contributed by atoms with Crippen LogP contribution in [0.2, 0.25) is 5.02 Å². The SMILES string of the molecule is COc1ccc2c(c1)CCN(c1ccc(Cl)cc1)C2=O. The zero-order valence-electron chi connectivity index (χ0n) is 11.1. The van der Waals surface area contributed by atoms with Crippen LogP contribution in [0.4, 0.5) is 5.69 Å². The van der Waals surface area contributed by atoms with E-state index in [9.17, 15) is 4.79 Å². The Kier molecular flexibility index (Phi) is 3.36. The van der Waals surface area contributed by atoms with Crippen LogP contribution in [0, 0.1) is 0 Å². The third kappa shape index (κ3) is 2.25. The summed E-state index contributed by atoms with van der Waals surface area (Å²) in [7, 11) is 1.63. The van der Waals surface area contributed by atoms with Crippen molar-refractivity contribution in [2.75, 3.05) is 18.6 Å².